The smallest absolute Gasteiger partial charge is 0.376 e. The number of ketones is 1. The predicted molar refractivity (Wildman–Crippen MR) is 115 cm³/mol. The molecule has 3 aliphatic rings. The zero-order valence-corrected chi connectivity index (χ0v) is 18.4. The zero-order valence-electron chi connectivity index (χ0n) is 18.4. The number of carbonyl (C=O) groups excluding carboxylic acids is 1. The average Bonchev–Trinajstić information content (AvgIpc) is 2.77. The van der Waals surface area contributed by atoms with Gasteiger partial charge in [-0.25, -0.2) is 0 Å². The summed E-state index contributed by atoms with van der Waals surface area (Å²) in [7, 11) is 1.48. The van der Waals surface area contributed by atoms with Crippen LogP contribution in [0.15, 0.2) is 23.8 Å². The largest absolute Gasteiger partial charge is 0.412 e. The third kappa shape index (κ3) is 6.75. The molecule has 7 heteroatoms. The highest BCUT2D eigenvalue weighted by Gasteiger charge is 2.37. The van der Waals surface area contributed by atoms with Gasteiger partial charge in [0.1, 0.15) is 6.61 Å². The van der Waals surface area contributed by atoms with Crippen LogP contribution in [0.2, 0.25) is 0 Å². The van der Waals surface area contributed by atoms with Crippen LogP contribution in [0.5, 0.6) is 0 Å². The number of hydrogen-bond acceptors (Lipinski definition) is 4. The average molecular weight is 441 g/mol. The number of methoxy groups -OCH3 is 1. The van der Waals surface area contributed by atoms with Gasteiger partial charge in [0.25, 0.3) is 0 Å². The van der Waals surface area contributed by atoms with Gasteiger partial charge in [-0.1, -0.05) is 18.2 Å². The number of piperidine rings is 1. The normalized spacial score (nSPS) is 28.4. The summed E-state index contributed by atoms with van der Waals surface area (Å²) in [5.41, 5.74) is -0.169. The van der Waals surface area contributed by atoms with Crippen LogP contribution >= 0.6 is 0 Å². The van der Waals surface area contributed by atoms with Crippen LogP contribution in [0.4, 0.5) is 13.2 Å². The predicted octanol–water partition coefficient (Wildman–Crippen LogP) is 5.19. The molecular weight excluding hydrogens is 405 g/mol. The molecule has 0 aromatic rings. The first-order valence-corrected chi connectivity index (χ1v) is 11.6. The van der Waals surface area contributed by atoms with E-state index in [2.05, 4.69) is 4.90 Å². The fourth-order valence-corrected chi connectivity index (χ4v) is 5.38. The summed E-state index contributed by atoms with van der Waals surface area (Å²) in [6.07, 6.45) is 7.66. The lowest BCUT2D eigenvalue weighted by Crippen LogP contribution is -2.38. The van der Waals surface area contributed by atoms with Gasteiger partial charge in [-0.05, 0) is 88.8 Å². The molecular formula is C24H35F3N2O2. The minimum atomic E-state index is -4.21. The van der Waals surface area contributed by atoms with Gasteiger partial charge in [0, 0.05) is 18.6 Å². The molecule has 1 aliphatic heterocycles. The minimum absolute atomic E-state index is 0.000824. The summed E-state index contributed by atoms with van der Waals surface area (Å²) >= 11 is 0. The van der Waals surface area contributed by atoms with Crippen molar-refractivity contribution in [3.63, 3.8) is 0 Å². The van der Waals surface area contributed by atoms with E-state index in [-0.39, 0.29) is 36.4 Å². The summed E-state index contributed by atoms with van der Waals surface area (Å²) in [6.45, 7) is 2.96. The van der Waals surface area contributed by atoms with E-state index >= 15 is 0 Å². The van der Waals surface area contributed by atoms with E-state index in [1.807, 2.05) is 6.08 Å². The Labute approximate surface area is 183 Å². The monoisotopic (exact) mass is 440 g/mol. The molecule has 0 spiro atoms. The van der Waals surface area contributed by atoms with Crippen molar-refractivity contribution in [3.8, 4) is 0 Å². The quantitative estimate of drug-likeness (QED) is 0.528. The van der Waals surface area contributed by atoms with Gasteiger partial charge in [-0.2, -0.15) is 13.2 Å². The van der Waals surface area contributed by atoms with Gasteiger partial charge in [0.15, 0.2) is 0 Å². The molecule has 1 atom stereocenters. The van der Waals surface area contributed by atoms with Gasteiger partial charge in [0.2, 0.25) is 5.78 Å². The molecule has 0 aromatic heterocycles. The van der Waals surface area contributed by atoms with Crippen LogP contribution in [-0.2, 0) is 9.53 Å². The maximum Gasteiger partial charge on any atom is 0.412 e. The molecule has 0 bridgehead atoms. The fourth-order valence-electron chi connectivity index (χ4n) is 5.38. The fraction of sp³-hybridized carbons (Fsp3) is 0.750. The summed E-state index contributed by atoms with van der Waals surface area (Å²) < 4.78 is 43.9. The Morgan fingerprint density at radius 1 is 1.16 bits per heavy atom. The highest BCUT2D eigenvalue weighted by Crippen LogP contribution is 2.39. The van der Waals surface area contributed by atoms with E-state index in [0.29, 0.717) is 11.8 Å². The molecule has 2 fully saturated rings. The number of halogens is 3. The van der Waals surface area contributed by atoms with E-state index in [0.717, 1.165) is 64.6 Å². The lowest BCUT2D eigenvalue weighted by molar-refractivity contribution is -0.116. The van der Waals surface area contributed by atoms with Gasteiger partial charge in [-0.15, -0.1) is 0 Å². The molecule has 31 heavy (non-hydrogen) atoms. The van der Waals surface area contributed by atoms with Gasteiger partial charge in [-0.3, -0.25) is 4.79 Å². The van der Waals surface area contributed by atoms with Crippen molar-refractivity contribution in [2.75, 3.05) is 33.4 Å². The maximum atomic E-state index is 13.0. The standard InChI is InChI=1S/C24H35F3N2O2/c1-31-16-22(30)23(28)19-7-5-17(6-8-19)9-12-29-13-10-18(11-14-29)20-3-2-4-21(15-20)24(25,26)27/h2-4,17-20,28H,5-16H2,1H3. The molecule has 1 N–H and O–H groups in total. The molecule has 0 aromatic carbocycles. The number of alkyl halides is 3. The number of nitrogens with one attached hydrogen (secondary N) is 1. The topological polar surface area (TPSA) is 53.4 Å². The van der Waals surface area contributed by atoms with Gasteiger partial charge in [0.05, 0.1) is 5.71 Å². The van der Waals surface area contributed by atoms with E-state index in [1.165, 1.54) is 13.2 Å². The van der Waals surface area contributed by atoms with Crippen molar-refractivity contribution < 1.29 is 22.7 Å². The van der Waals surface area contributed by atoms with E-state index in [1.54, 1.807) is 6.08 Å². The number of rotatable bonds is 8. The van der Waals surface area contributed by atoms with Crippen molar-refractivity contribution >= 4 is 11.5 Å². The molecule has 4 nitrogen and oxygen atoms in total. The van der Waals surface area contributed by atoms with Crippen LogP contribution in [0.25, 0.3) is 0 Å². The summed E-state index contributed by atoms with van der Waals surface area (Å²) in [6, 6.07) is 0. The van der Waals surface area contributed by atoms with Crippen molar-refractivity contribution in [2.24, 2.45) is 23.7 Å². The molecule has 2 aliphatic carbocycles. The van der Waals surface area contributed by atoms with E-state index in [9.17, 15) is 18.0 Å². The Kier molecular flexibility index (Phi) is 8.50. The van der Waals surface area contributed by atoms with Crippen LogP contribution < -0.4 is 0 Å². The molecule has 174 valence electrons. The van der Waals surface area contributed by atoms with Crippen LogP contribution in [0.3, 0.4) is 0 Å². The van der Waals surface area contributed by atoms with Crippen molar-refractivity contribution in [3.05, 3.63) is 23.8 Å². The highest BCUT2D eigenvalue weighted by molar-refractivity contribution is 6.39. The second-order valence-electron chi connectivity index (χ2n) is 9.40. The number of Topliss-reactive ketones (excluding diaryl/α,β-unsaturated/α-hetero) is 1. The van der Waals surface area contributed by atoms with Crippen LogP contribution in [-0.4, -0.2) is 55.9 Å². The Morgan fingerprint density at radius 3 is 2.45 bits per heavy atom. The molecule has 3 rings (SSSR count). The van der Waals surface area contributed by atoms with Crippen LogP contribution in [0, 0.1) is 29.1 Å². The molecule has 0 radical (unpaired) electrons. The Bertz CT molecular complexity index is 685. The second-order valence-corrected chi connectivity index (χ2v) is 9.40. The summed E-state index contributed by atoms with van der Waals surface area (Å²) in [5, 5.41) is 8.06. The van der Waals surface area contributed by atoms with E-state index in [4.69, 9.17) is 10.1 Å². The summed E-state index contributed by atoms with van der Waals surface area (Å²) in [5.74, 6) is 0.869. The number of ether oxygens (including phenoxy) is 1. The molecule has 0 amide bonds. The molecule has 1 unspecified atom stereocenters. The van der Waals surface area contributed by atoms with Crippen molar-refractivity contribution in [1.82, 2.24) is 4.90 Å². The first kappa shape index (κ1) is 24.2. The van der Waals surface area contributed by atoms with Crippen molar-refractivity contribution in [1.29, 1.82) is 5.41 Å². The maximum absolute atomic E-state index is 13.0. The number of nitrogens with zero attached hydrogens (tertiary/aromatic N) is 1. The van der Waals surface area contributed by atoms with Crippen molar-refractivity contribution in [2.45, 2.75) is 57.5 Å². The third-order valence-corrected chi connectivity index (χ3v) is 7.40. The number of allylic oxidation sites excluding steroid dienone is 4. The molecule has 1 heterocycles. The van der Waals surface area contributed by atoms with Crippen LogP contribution in [0.1, 0.15) is 51.4 Å². The second kappa shape index (κ2) is 10.9. The lowest BCUT2D eigenvalue weighted by atomic mass is 9.77. The number of carbonyl (C=O) groups is 1. The first-order valence-electron chi connectivity index (χ1n) is 11.6. The van der Waals surface area contributed by atoms with E-state index < -0.39 is 11.7 Å². The highest BCUT2D eigenvalue weighted by atomic mass is 19.4. The Balaban J connectivity index is 1.34. The SMILES string of the molecule is COCC(=O)C(=N)C1CCC(CCN2CCC(C3C=CC=C(C(F)(F)F)C3)CC2)CC1. The zero-order chi connectivity index (χ0) is 22.4. The third-order valence-electron chi connectivity index (χ3n) is 7.40. The molecule has 1 saturated heterocycles. The van der Waals surface area contributed by atoms with Gasteiger partial charge >= 0.3 is 6.18 Å². The minimum Gasteiger partial charge on any atom is -0.376 e. The Hall–Kier alpha value is -1.47. The Morgan fingerprint density at radius 2 is 1.84 bits per heavy atom. The number of hydrogen-bond donors (Lipinski definition) is 1. The number of likely N-dealkylation sites (tertiary alicyclic amines) is 1. The summed E-state index contributed by atoms with van der Waals surface area (Å²) in [4.78, 5) is 14.3. The van der Waals surface area contributed by atoms with Gasteiger partial charge < -0.3 is 15.0 Å². The molecule has 1 saturated carbocycles. The first-order chi connectivity index (χ1) is 14.8. The lowest BCUT2D eigenvalue weighted by Gasteiger charge is -2.37.